The van der Waals surface area contributed by atoms with Crippen LogP contribution in [-0.2, 0) is 0 Å². The summed E-state index contributed by atoms with van der Waals surface area (Å²) in [5.41, 5.74) is 4.67. The lowest BCUT2D eigenvalue weighted by Crippen LogP contribution is -2.00. The third-order valence-corrected chi connectivity index (χ3v) is 7.30. The quantitative estimate of drug-likeness (QED) is 0.228. The molecule has 0 amide bonds. The first-order chi connectivity index (χ1) is 19.3. The van der Waals surface area contributed by atoms with E-state index in [4.69, 9.17) is 19.4 Å². The molecular weight excluding hydrogens is 478 g/mol. The van der Waals surface area contributed by atoms with Crippen molar-refractivity contribution in [2.24, 2.45) is 0 Å². The summed E-state index contributed by atoms with van der Waals surface area (Å²) in [6.07, 6.45) is 0. The molecule has 0 N–H and O–H groups in total. The topological polar surface area (TPSA) is 51.8 Å². The summed E-state index contributed by atoms with van der Waals surface area (Å²) in [4.78, 5) is 14.7. The highest BCUT2D eigenvalue weighted by molar-refractivity contribution is 6.26. The lowest BCUT2D eigenvalue weighted by Gasteiger charge is -2.10. The highest BCUT2D eigenvalue weighted by Crippen LogP contribution is 2.39. The Labute approximate surface area is 224 Å². The Morgan fingerprint density at radius 1 is 0.385 bits per heavy atom. The maximum atomic E-state index is 6.19. The normalized spacial score (nSPS) is 11.6. The lowest BCUT2D eigenvalue weighted by atomic mass is 9.96. The molecule has 0 bridgehead atoms. The molecule has 0 atom stereocenters. The van der Waals surface area contributed by atoms with Crippen molar-refractivity contribution < 1.29 is 4.42 Å². The number of benzene rings is 6. The zero-order chi connectivity index (χ0) is 25.8. The van der Waals surface area contributed by atoms with E-state index in [1.54, 1.807) is 0 Å². The van der Waals surface area contributed by atoms with E-state index >= 15 is 0 Å². The SMILES string of the molecule is c1ccc(-c2nc(-c3ccccc3)nc(-c3ccc4c(ccc5ccc6oc7ccccc7c6c54)c3)n2)cc1. The van der Waals surface area contributed by atoms with Gasteiger partial charge in [-0.3, -0.25) is 0 Å². The Kier molecular flexibility index (Phi) is 4.79. The molecule has 2 heterocycles. The van der Waals surface area contributed by atoms with E-state index in [2.05, 4.69) is 54.6 Å². The summed E-state index contributed by atoms with van der Waals surface area (Å²) in [7, 11) is 0. The number of nitrogens with zero attached hydrogens (tertiary/aromatic N) is 3. The van der Waals surface area contributed by atoms with Crippen molar-refractivity contribution in [2.45, 2.75) is 0 Å². The van der Waals surface area contributed by atoms with Gasteiger partial charge < -0.3 is 4.42 Å². The van der Waals surface area contributed by atoms with Crippen molar-refractivity contribution >= 4 is 43.5 Å². The van der Waals surface area contributed by atoms with E-state index < -0.39 is 0 Å². The monoisotopic (exact) mass is 499 g/mol. The summed E-state index contributed by atoms with van der Waals surface area (Å²) < 4.78 is 6.19. The molecule has 8 aromatic rings. The minimum absolute atomic E-state index is 0.650. The molecule has 0 fully saturated rings. The van der Waals surface area contributed by atoms with Crippen LogP contribution in [-0.4, -0.2) is 15.0 Å². The number of fused-ring (bicyclic) bond motifs is 7. The Hall–Kier alpha value is -5.35. The third-order valence-electron chi connectivity index (χ3n) is 7.30. The molecule has 0 spiro atoms. The van der Waals surface area contributed by atoms with E-state index in [0.717, 1.165) is 44.0 Å². The highest BCUT2D eigenvalue weighted by atomic mass is 16.3. The van der Waals surface area contributed by atoms with Gasteiger partial charge in [0.25, 0.3) is 0 Å². The van der Waals surface area contributed by atoms with Crippen molar-refractivity contribution in [3.05, 3.63) is 127 Å². The minimum Gasteiger partial charge on any atom is -0.456 e. The summed E-state index contributed by atoms with van der Waals surface area (Å²) in [5, 5.41) is 6.97. The fourth-order valence-electron chi connectivity index (χ4n) is 5.45. The Morgan fingerprint density at radius 2 is 0.974 bits per heavy atom. The number of para-hydroxylation sites is 1. The molecule has 0 saturated carbocycles. The van der Waals surface area contributed by atoms with E-state index in [1.165, 1.54) is 16.2 Å². The second kappa shape index (κ2) is 8.61. The second-order valence-electron chi connectivity index (χ2n) is 9.67. The number of hydrogen-bond donors (Lipinski definition) is 0. The molecule has 0 saturated heterocycles. The third kappa shape index (κ3) is 3.57. The summed E-state index contributed by atoms with van der Waals surface area (Å²) >= 11 is 0. The van der Waals surface area contributed by atoms with Crippen molar-refractivity contribution in [3.63, 3.8) is 0 Å². The van der Waals surface area contributed by atoms with Gasteiger partial charge in [-0.2, -0.15) is 0 Å². The van der Waals surface area contributed by atoms with Gasteiger partial charge in [0.15, 0.2) is 17.5 Å². The molecule has 0 unspecified atom stereocenters. The van der Waals surface area contributed by atoms with E-state index in [-0.39, 0.29) is 0 Å². The van der Waals surface area contributed by atoms with Crippen molar-refractivity contribution in [1.29, 1.82) is 0 Å². The van der Waals surface area contributed by atoms with Gasteiger partial charge >= 0.3 is 0 Å². The van der Waals surface area contributed by atoms with Crippen molar-refractivity contribution in [2.75, 3.05) is 0 Å². The number of hydrogen-bond acceptors (Lipinski definition) is 4. The van der Waals surface area contributed by atoms with E-state index in [1.807, 2.05) is 72.8 Å². The highest BCUT2D eigenvalue weighted by Gasteiger charge is 2.15. The van der Waals surface area contributed by atoms with Crippen LogP contribution in [0.5, 0.6) is 0 Å². The van der Waals surface area contributed by atoms with Gasteiger partial charge in [-0.25, -0.2) is 15.0 Å². The average molecular weight is 500 g/mol. The van der Waals surface area contributed by atoms with Gasteiger partial charge in [0.1, 0.15) is 11.2 Å². The standard InChI is InChI=1S/C35H21N3O/c1-3-9-23(10-4-1)33-36-34(24-11-5-2-6-12-24)38-35(37-33)26-17-19-27-25(21-26)16-15-22-18-20-30-32(31(22)27)28-13-7-8-14-29(28)39-30/h1-21H. The Bertz CT molecular complexity index is 2110. The van der Waals surface area contributed by atoms with Gasteiger partial charge in [-0.1, -0.05) is 109 Å². The first-order valence-electron chi connectivity index (χ1n) is 13.0. The second-order valence-corrected chi connectivity index (χ2v) is 9.67. The fraction of sp³-hybridized carbons (Fsp3) is 0. The Morgan fingerprint density at radius 3 is 1.69 bits per heavy atom. The summed E-state index contributed by atoms with van der Waals surface area (Å²) in [6, 6.07) is 43.4. The zero-order valence-corrected chi connectivity index (χ0v) is 20.9. The fourth-order valence-corrected chi connectivity index (χ4v) is 5.45. The molecule has 6 aromatic carbocycles. The average Bonchev–Trinajstić information content (AvgIpc) is 3.40. The first kappa shape index (κ1) is 21.7. The van der Waals surface area contributed by atoms with Gasteiger partial charge in [0.05, 0.1) is 0 Å². The van der Waals surface area contributed by atoms with E-state index in [9.17, 15) is 0 Å². The molecule has 39 heavy (non-hydrogen) atoms. The molecule has 4 heteroatoms. The van der Waals surface area contributed by atoms with Crippen LogP contribution in [0, 0.1) is 0 Å². The van der Waals surface area contributed by atoms with Gasteiger partial charge in [-0.05, 0) is 34.4 Å². The summed E-state index contributed by atoms with van der Waals surface area (Å²) in [5.74, 6) is 1.96. The molecular formula is C35H21N3O. The van der Waals surface area contributed by atoms with Crippen LogP contribution >= 0.6 is 0 Å². The zero-order valence-electron chi connectivity index (χ0n) is 20.9. The maximum Gasteiger partial charge on any atom is 0.164 e. The smallest absolute Gasteiger partial charge is 0.164 e. The van der Waals surface area contributed by atoms with E-state index in [0.29, 0.717) is 17.5 Å². The molecule has 0 aliphatic carbocycles. The van der Waals surface area contributed by atoms with Crippen LogP contribution in [0.15, 0.2) is 132 Å². The summed E-state index contributed by atoms with van der Waals surface area (Å²) in [6.45, 7) is 0. The number of furan rings is 1. The number of rotatable bonds is 3. The molecule has 0 aliphatic rings. The predicted molar refractivity (Wildman–Crippen MR) is 158 cm³/mol. The molecule has 182 valence electrons. The lowest BCUT2D eigenvalue weighted by molar-refractivity contribution is 0.669. The van der Waals surface area contributed by atoms with Gasteiger partial charge in [0.2, 0.25) is 0 Å². The molecule has 0 radical (unpaired) electrons. The van der Waals surface area contributed by atoms with Crippen LogP contribution in [0.25, 0.3) is 77.6 Å². The largest absolute Gasteiger partial charge is 0.456 e. The van der Waals surface area contributed by atoms with Crippen LogP contribution in [0.1, 0.15) is 0 Å². The number of aromatic nitrogens is 3. The maximum absolute atomic E-state index is 6.19. The first-order valence-corrected chi connectivity index (χ1v) is 13.0. The van der Waals surface area contributed by atoms with Crippen LogP contribution in [0.3, 0.4) is 0 Å². The Balaban J connectivity index is 1.36. The molecule has 2 aromatic heterocycles. The molecule has 8 rings (SSSR count). The molecule has 4 nitrogen and oxygen atoms in total. The van der Waals surface area contributed by atoms with Gasteiger partial charge in [0, 0.05) is 32.8 Å². The van der Waals surface area contributed by atoms with Crippen LogP contribution < -0.4 is 0 Å². The van der Waals surface area contributed by atoms with Crippen LogP contribution in [0.4, 0.5) is 0 Å². The van der Waals surface area contributed by atoms with Crippen molar-refractivity contribution in [3.8, 4) is 34.2 Å². The van der Waals surface area contributed by atoms with Crippen molar-refractivity contribution in [1.82, 2.24) is 15.0 Å². The minimum atomic E-state index is 0.650. The molecule has 0 aliphatic heterocycles. The van der Waals surface area contributed by atoms with Gasteiger partial charge in [-0.15, -0.1) is 0 Å². The van der Waals surface area contributed by atoms with Crippen LogP contribution in [0.2, 0.25) is 0 Å². The predicted octanol–water partition coefficient (Wildman–Crippen LogP) is 9.08.